The standard InChI is InChI=1S/C7H8O2S2.Mg.2H/c1-6-2-4-7(5-3-6)11(8,9)10;;;/h2-5H,1H3,(H,8,9,10);;;/q;+2;2*-1. The summed E-state index contributed by atoms with van der Waals surface area (Å²) in [5, 5.41) is 0. The molecule has 0 saturated carbocycles. The van der Waals surface area contributed by atoms with Crippen LogP contribution in [0.4, 0.5) is 0 Å². The summed E-state index contributed by atoms with van der Waals surface area (Å²) in [4.78, 5) is 0.304. The minimum Gasteiger partial charge on any atom is -1.00 e. The monoisotopic (exact) mass is 214 g/mol. The number of benzene rings is 1. The molecule has 12 heavy (non-hydrogen) atoms. The van der Waals surface area contributed by atoms with Crippen LogP contribution in [0.25, 0.3) is 0 Å². The van der Waals surface area contributed by atoms with E-state index in [1.807, 2.05) is 6.92 Å². The van der Waals surface area contributed by atoms with Crippen LogP contribution < -0.4 is 0 Å². The Bertz CT molecular complexity index is 350. The molecule has 0 spiro atoms. The summed E-state index contributed by atoms with van der Waals surface area (Å²) >= 11 is 4.38. The largest absolute Gasteiger partial charge is 2.00 e. The van der Waals surface area contributed by atoms with Gasteiger partial charge in [-0.05, 0) is 19.1 Å². The van der Waals surface area contributed by atoms with Gasteiger partial charge in [0.25, 0.3) is 0 Å². The van der Waals surface area contributed by atoms with E-state index >= 15 is 0 Å². The van der Waals surface area contributed by atoms with Gasteiger partial charge in [-0.3, -0.25) is 0 Å². The van der Waals surface area contributed by atoms with Crippen molar-refractivity contribution in [2.75, 3.05) is 0 Å². The predicted octanol–water partition coefficient (Wildman–Crippen LogP) is 1.42. The van der Waals surface area contributed by atoms with Crippen LogP contribution in [0.1, 0.15) is 8.42 Å². The third kappa shape index (κ3) is 3.36. The maximum atomic E-state index is 10.9. The van der Waals surface area contributed by atoms with E-state index in [1.165, 1.54) is 0 Å². The fourth-order valence-electron chi connectivity index (χ4n) is 0.710. The second-order valence-corrected chi connectivity index (χ2v) is 5.07. The van der Waals surface area contributed by atoms with E-state index in [9.17, 15) is 4.21 Å². The molecule has 5 heteroatoms. The molecule has 0 aliphatic rings. The Morgan fingerprint density at radius 2 is 1.83 bits per heavy atom. The summed E-state index contributed by atoms with van der Waals surface area (Å²) in [6.07, 6.45) is 0. The molecule has 0 radical (unpaired) electrons. The van der Waals surface area contributed by atoms with Crippen LogP contribution in [0.15, 0.2) is 29.2 Å². The van der Waals surface area contributed by atoms with Gasteiger partial charge in [0.1, 0.15) is 0 Å². The number of rotatable bonds is 1. The second-order valence-electron chi connectivity index (χ2n) is 2.29. The molecule has 0 fully saturated rings. The van der Waals surface area contributed by atoms with Crippen molar-refractivity contribution in [1.82, 2.24) is 0 Å². The molecule has 0 aliphatic heterocycles. The van der Waals surface area contributed by atoms with Gasteiger partial charge in [0.2, 0.25) is 0 Å². The van der Waals surface area contributed by atoms with Crippen molar-refractivity contribution >= 4 is 43.0 Å². The Hall–Kier alpha value is 0.316. The van der Waals surface area contributed by atoms with Gasteiger partial charge in [-0.1, -0.05) is 17.7 Å². The molecule has 0 saturated heterocycles. The maximum Gasteiger partial charge on any atom is 2.00 e. The number of hydrogen-bond donors (Lipinski definition) is 1. The zero-order chi connectivity index (χ0) is 8.48. The van der Waals surface area contributed by atoms with Crippen LogP contribution in [0.2, 0.25) is 0 Å². The van der Waals surface area contributed by atoms with E-state index in [-0.39, 0.29) is 25.9 Å². The molecule has 1 rings (SSSR count). The van der Waals surface area contributed by atoms with Crippen LogP contribution in [0, 0.1) is 6.92 Å². The fourth-order valence-corrected chi connectivity index (χ4v) is 1.52. The summed E-state index contributed by atoms with van der Waals surface area (Å²) in [6.45, 7) is 1.91. The van der Waals surface area contributed by atoms with Crippen LogP contribution in [0.3, 0.4) is 0 Å². The molecule has 0 heterocycles. The molecule has 0 bridgehead atoms. The van der Waals surface area contributed by atoms with Crippen LogP contribution in [-0.2, 0) is 20.0 Å². The Morgan fingerprint density at radius 3 is 2.17 bits per heavy atom. The van der Waals surface area contributed by atoms with Gasteiger partial charge in [-0.15, -0.1) is 0 Å². The van der Waals surface area contributed by atoms with Crippen LogP contribution in [0.5, 0.6) is 0 Å². The topological polar surface area (TPSA) is 37.3 Å². The normalized spacial score (nSPS) is 14.5. The molecule has 2 nitrogen and oxygen atoms in total. The smallest absolute Gasteiger partial charge is 1.00 e. The van der Waals surface area contributed by atoms with E-state index < -0.39 is 8.77 Å². The summed E-state index contributed by atoms with van der Waals surface area (Å²) in [5.41, 5.74) is 1.05. The van der Waals surface area contributed by atoms with Crippen molar-refractivity contribution in [3.05, 3.63) is 29.8 Å². The Kier molecular flexibility index (Phi) is 4.64. The first-order valence-electron chi connectivity index (χ1n) is 3.04. The summed E-state index contributed by atoms with van der Waals surface area (Å²) in [5.74, 6) is 0. The zero-order valence-electron chi connectivity index (χ0n) is 8.69. The van der Waals surface area contributed by atoms with Gasteiger partial charge >= 0.3 is 23.1 Å². The van der Waals surface area contributed by atoms with Crippen molar-refractivity contribution < 1.29 is 11.6 Å². The van der Waals surface area contributed by atoms with E-state index in [0.29, 0.717) is 4.90 Å². The molecular formula is C7H10MgO2S2. The van der Waals surface area contributed by atoms with Crippen LogP contribution in [-0.4, -0.2) is 31.8 Å². The third-order valence-corrected chi connectivity index (χ3v) is 2.76. The van der Waals surface area contributed by atoms with E-state index in [2.05, 4.69) is 11.2 Å². The minimum atomic E-state index is -3.19. The molecular weight excluding hydrogens is 205 g/mol. The molecule has 0 amide bonds. The van der Waals surface area contributed by atoms with Gasteiger partial charge in [-0.2, -0.15) is 0 Å². The van der Waals surface area contributed by atoms with Crippen LogP contribution >= 0.6 is 0 Å². The summed E-state index contributed by atoms with van der Waals surface area (Å²) in [6, 6.07) is 6.67. The SMILES string of the molecule is Cc1ccc(S(=O)(O)=S)cc1.[H-].[H-].[Mg+2]. The van der Waals surface area contributed by atoms with Crippen molar-refractivity contribution in [3.63, 3.8) is 0 Å². The molecule has 64 valence electrons. The second kappa shape index (κ2) is 4.52. The molecule has 1 unspecified atom stereocenters. The maximum absolute atomic E-state index is 10.9. The zero-order valence-corrected chi connectivity index (χ0v) is 9.74. The Balaban J connectivity index is -0.000000403. The first kappa shape index (κ1) is 12.3. The summed E-state index contributed by atoms with van der Waals surface area (Å²) < 4.78 is 19.8. The fraction of sp³-hybridized carbons (Fsp3) is 0.143. The van der Waals surface area contributed by atoms with Crippen molar-refractivity contribution in [2.45, 2.75) is 11.8 Å². The Labute approximate surface area is 96.0 Å². The van der Waals surface area contributed by atoms with Gasteiger partial charge in [0.05, 0.1) is 4.90 Å². The van der Waals surface area contributed by atoms with Crippen molar-refractivity contribution in [3.8, 4) is 0 Å². The van der Waals surface area contributed by atoms with E-state index in [1.54, 1.807) is 24.3 Å². The number of hydrogen-bond acceptors (Lipinski definition) is 2. The number of aryl methyl sites for hydroxylation is 1. The van der Waals surface area contributed by atoms with Crippen molar-refractivity contribution in [1.29, 1.82) is 0 Å². The predicted molar refractivity (Wildman–Crippen MR) is 55.6 cm³/mol. The van der Waals surface area contributed by atoms with Gasteiger partial charge in [0.15, 0.2) is 8.77 Å². The first-order chi connectivity index (χ1) is 5.00. The Morgan fingerprint density at radius 1 is 1.42 bits per heavy atom. The molecule has 1 N–H and O–H groups in total. The molecule has 1 atom stereocenters. The molecule has 0 aromatic heterocycles. The average molecular weight is 215 g/mol. The minimum absolute atomic E-state index is 0. The van der Waals surface area contributed by atoms with E-state index in [0.717, 1.165) is 5.56 Å². The van der Waals surface area contributed by atoms with E-state index in [4.69, 9.17) is 4.55 Å². The third-order valence-electron chi connectivity index (χ3n) is 1.32. The van der Waals surface area contributed by atoms with Gasteiger partial charge in [-0.25, -0.2) is 4.21 Å². The first-order valence-corrected chi connectivity index (χ1v) is 5.48. The average Bonchev–Trinajstić information content (AvgIpc) is 1.86. The van der Waals surface area contributed by atoms with Crippen molar-refractivity contribution in [2.24, 2.45) is 0 Å². The molecule has 0 aliphatic carbocycles. The quantitative estimate of drug-likeness (QED) is 0.719. The molecule has 1 aromatic carbocycles. The summed E-state index contributed by atoms with van der Waals surface area (Å²) in [7, 11) is -3.19. The van der Waals surface area contributed by atoms with Gasteiger partial charge < -0.3 is 7.41 Å². The van der Waals surface area contributed by atoms with Gasteiger partial charge in [0, 0.05) is 11.2 Å². The molecule has 1 aromatic rings.